The van der Waals surface area contributed by atoms with Gasteiger partial charge in [-0.15, -0.1) is 0 Å². The number of hydrogen-bond donors (Lipinski definition) is 2. The summed E-state index contributed by atoms with van der Waals surface area (Å²) in [6.07, 6.45) is 0. The van der Waals surface area contributed by atoms with Crippen LogP contribution in [0.4, 0.5) is 8.78 Å². The minimum atomic E-state index is -2.88. The highest BCUT2D eigenvalue weighted by Gasteiger charge is 2.22. The number of rotatable bonds is 4. The van der Waals surface area contributed by atoms with Crippen LogP contribution in [0.25, 0.3) is 0 Å². The van der Waals surface area contributed by atoms with Crippen molar-refractivity contribution in [2.75, 3.05) is 6.61 Å². The van der Waals surface area contributed by atoms with E-state index in [1.165, 1.54) is 24.3 Å². The standard InChI is InChI=1S/C9H11BF2O3/c1-9(11,12)6-15-8-4-2-7(3-5-8)10(13)14/h2-5,13-14H,6H2,1H3. The topological polar surface area (TPSA) is 49.7 Å². The predicted octanol–water partition coefficient (Wildman–Crippen LogP) is 0.400. The van der Waals surface area contributed by atoms with Gasteiger partial charge in [-0.2, -0.15) is 0 Å². The molecule has 0 atom stereocenters. The van der Waals surface area contributed by atoms with E-state index in [4.69, 9.17) is 14.8 Å². The van der Waals surface area contributed by atoms with Crippen LogP contribution in [-0.4, -0.2) is 29.7 Å². The Bertz CT molecular complexity index is 308. The van der Waals surface area contributed by atoms with E-state index in [0.717, 1.165) is 6.92 Å². The molecule has 0 saturated heterocycles. The number of benzene rings is 1. The van der Waals surface area contributed by atoms with E-state index in [0.29, 0.717) is 0 Å². The molecule has 2 N–H and O–H groups in total. The van der Waals surface area contributed by atoms with Crippen molar-refractivity contribution in [3.05, 3.63) is 24.3 Å². The molecule has 15 heavy (non-hydrogen) atoms. The molecule has 0 amide bonds. The van der Waals surface area contributed by atoms with E-state index < -0.39 is 19.6 Å². The average molecular weight is 216 g/mol. The molecule has 0 aliphatic rings. The van der Waals surface area contributed by atoms with Crippen molar-refractivity contribution in [1.29, 1.82) is 0 Å². The van der Waals surface area contributed by atoms with Crippen molar-refractivity contribution in [2.45, 2.75) is 12.8 Å². The maximum atomic E-state index is 12.4. The summed E-state index contributed by atoms with van der Waals surface area (Å²) in [4.78, 5) is 0. The summed E-state index contributed by atoms with van der Waals surface area (Å²) < 4.78 is 29.6. The lowest BCUT2D eigenvalue weighted by atomic mass is 9.80. The zero-order chi connectivity index (χ0) is 11.5. The zero-order valence-corrected chi connectivity index (χ0v) is 8.15. The van der Waals surface area contributed by atoms with Gasteiger partial charge in [-0.05, 0) is 17.6 Å². The first kappa shape index (κ1) is 11.9. The lowest BCUT2D eigenvalue weighted by Gasteiger charge is -2.12. The van der Waals surface area contributed by atoms with Gasteiger partial charge in [-0.3, -0.25) is 0 Å². The summed E-state index contributed by atoms with van der Waals surface area (Å²) in [5.74, 6) is -2.62. The molecule has 0 saturated carbocycles. The van der Waals surface area contributed by atoms with Crippen LogP contribution in [0.5, 0.6) is 5.75 Å². The van der Waals surface area contributed by atoms with E-state index in [2.05, 4.69) is 0 Å². The highest BCUT2D eigenvalue weighted by Crippen LogP contribution is 2.15. The fourth-order valence-corrected chi connectivity index (χ4v) is 0.946. The minimum Gasteiger partial charge on any atom is -0.487 e. The third-order valence-corrected chi connectivity index (χ3v) is 1.67. The van der Waals surface area contributed by atoms with Gasteiger partial charge in [-0.1, -0.05) is 12.1 Å². The van der Waals surface area contributed by atoms with Gasteiger partial charge in [-0.25, -0.2) is 8.78 Å². The van der Waals surface area contributed by atoms with Gasteiger partial charge >= 0.3 is 7.12 Å². The summed E-state index contributed by atoms with van der Waals surface area (Å²) in [6, 6.07) is 5.60. The molecule has 0 heterocycles. The van der Waals surface area contributed by atoms with Crippen LogP contribution in [0.15, 0.2) is 24.3 Å². The van der Waals surface area contributed by atoms with Gasteiger partial charge in [0.1, 0.15) is 5.75 Å². The number of ether oxygens (including phenoxy) is 1. The lowest BCUT2D eigenvalue weighted by Crippen LogP contribution is -2.29. The van der Waals surface area contributed by atoms with Crippen molar-refractivity contribution in [1.82, 2.24) is 0 Å². The summed E-state index contributed by atoms with van der Waals surface area (Å²) in [5, 5.41) is 17.5. The van der Waals surface area contributed by atoms with Crippen LogP contribution >= 0.6 is 0 Å². The third kappa shape index (κ3) is 4.27. The van der Waals surface area contributed by atoms with Crippen molar-refractivity contribution in [2.24, 2.45) is 0 Å². The Morgan fingerprint density at radius 1 is 1.27 bits per heavy atom. The fraction of sp³-hybridized carbons (Fsp3) is 0.333. The minimum absolute atomic E-state index is 0.265. The molecule has 0 bridgehead atoms. The molecule has 3 nitrogen and oxygen atoms in total. The third-order valence-electron chi connectivity index (χ3n) is 1.67. The molecular formula is C9H11BF2O3. The van der Waals surface area contributed by atoms with E-state index in [1.807, 2.05) is 0 Å². The second-order valence-corrected chi connectivity index (χ2v) is 3.30. The van der Waals surface area contributed by atoms with Crippen LogP contribution in [0, 0.1) is 0 Å². The first-order chi connectivity index (χ1) is 6.88. The number of alkyl halides is 2. The molecule has 0 aliphatic heterocycles. The van der Waals surface area contributed by atoms with Crippen LogP contribution in [0.1, 0.15) is 6.92 Å². The second-order valence-electron chi connectivity index (χ2n) is 3.30. The average Bonchev–Trinajstić information content (AvgIpc) is 2.14. The van der Waals surface area contributed by atoms with Gasteiger partial charge < -0.3 is 14.8 Å². The van der Waals surface area contributed by atoms with Crippen LogP contribution in [-0.2, 0) is 0 Å². The first-order valence-corrected chi connectivity index (χ1v) is 4.35. The molecule has 1 rings (SSSR count). The van der Waals surface area contributed by atoms with Gasteiger partial charge in [0, 0.05) is 6.92 Å². The highest BCUT2D eigenvalue weighted by molar-refractivity contribution is 6.58. The molecule has 1 aromatic rings. The van der Waals surface area contributed by atoms with Crippen LogP contribution in [0.3, 0.4) is 0 Å². The molecule has 0 unspecified atom stereocenters. The van der Waals surface area contributed by atoms with Crippen molar-refractivity contribution in [3.63, 3.8) is 0 Å². The first-order valence-electron chi connectivity index (χ1n) is 4.35. The second kappa shape index (κ2) is 4.59. The van der Waals surface area contributed by atoms with Gasteiger partial charge in [0.25, 0.3) is 5.92 Å². The summed E-state index contributed by atoms with van der Waals surface area (Å²) in [6.45, 7) is 0.0624. The molecule has 0 radical (unpaired) electrons. The fourth-order valence-electron chi connectivity index (χ4n) is 0.946. The zero-order valence-electron chi connectivity index (χ0n) is 8.15. The van der Waals surface area contributed by atoms with Crippen LogP contribution < -0.4 is 10.2 Å². The van der Waals surface area contributed by atoms with Crippen molar-refractivity contribution in [3.8, 4) is 5.75 Å². The summed E-state index contributed by atoms with van der Waals surface area (Å²) >= 11 is 0. The molecule has 0 spiro atoms. The number of hydrogen-bond acceptors (Lipinski definition) is 3. The lowest BCUT2D eigenvalue weighted by molar-refractivity contribution is -0.0229. The molecule has 0 aliphatic carbocycles. The Kier molecular flexibility index (Phi) is 3.65. The maximum absolute atomic E-state index is 12.4. The summed E-state index contributed by atoms with van der Waals surface area (Å²) in [5.41, 5.74) is 0.283. The van der Waals surface area contributed by atoms with Gasteiger partial charge in [0.15, 0.2) is 6.61 Å². The normalized spacial score (nSPS) is 11.3. The Morgan fingerprint density at radius 3 is 2.20 bits per heavy atom. The monoisotopic (exact) mass is 216 g/mol. The van der Waals surface area contributed by atoms with Gasteiger partial charge in [0.2, 0.25) is 0 Å². The Hall–Kier alpha value is -1.14. The van der Waals surface area contributed by atoms with E-state index >= 15 is 0 Å². The smallest absolute Gasteiger partial charge is 0.487 e. The Balaban J connectivity index is 2.57. The molecule has 6 heteroatoms. The van der Waals surface area contributed by atoms with Crippen molar-refractivity contribution >= 4 is 12.6 Å². The Morgan fingerprint density at radius 2 is 1.80 bits per heavy atom. The molecule has 1 aromatic carbocycles. The van der Waals surface area contributed by atoms with E-state index in [-0.39, 0.29) is 11.2 Å². The number of halogens is 2. The summed E-state index contributed by atoms with van der Waals surface area (Å²) in [7, 11) is -1.56. The SMILES string of the molecule is CC(F)(F)COc1ccc(B(O)O)cc1. The Labute approximate surface area is 86.5 Å². The van der Waals surface area contributed by atoms with Crippen LogP contribution in [0.2, 0.25) is 0 Å². The molecule has 0 aromatic heterocycles. The maximum Gasteiger partial charge on any atom is 0.488 e. The predicted molar refractivity (Wildman–Crippen MR) is 52.4 cm³/mol. The highest BCUT2D eigenvalue weighted by atomic mass is 19.3. The largest absolute Gasteiger partial charge is 0.488 e. The van der Waals surface area contributed by atoms with E-state index in [9.17, 15) is 8.78 Å². The van der Waals surface area contributed by atoms with E-state index in [1.54, 1.807) is 0 Å². The van der Waals surface area contributed by atoms with Crippen molar-refractivity contribution < 1.29 is 23.6 Å². The molecule has 82 valence electrons. The molecule has 0 fully saturated rings. The quantitative estimate of drug-likeness (QED) is 0.716. The molecular weight excluding hydrogens is 205 g/mol. The van der Waals surface area contributed by atoms with Gasteiger partial charge in [0.05, 0.1) is 0 Å².